The minimum absolute atomic E-state index is 0.150. The van der Waals surface area contributed by atoms with Gasteiger partial charge in [-0.25, -0.2) is 9.67 Å². The topological polar surface area (TPSA) is 30.7 Å². The van der Waals surface area contributed by atoms with Gasteiger partial charge in [0.2, 0.25) is 0 Å². The number of nitrogens with zero attached hydrogens (tertiary/aromatic N) is 3. The molecule has 0 radical (unpaired) electrons. The Hall–Kier alpha value is -1.37. The fourth-order valence-electron chi connectivity index (χ4n) is 1.84. The van der Waals surface area contributed by atoms with E-state index in [4.69, 9.17) is 0 Å². The largest absolute Gasteiger partial charge is 0.416 e. The van der Waals surface area contributed by atoms with Crippen LogP contribution in [0.3, 0.4) is 0 Å². The molecule has 0 amide bonds. The van der Waals surface area contributed by atoms with E-state index in [9.17, 15) is 13.2 Å². The molecule has 1 aromatic heterocycles. The molecule has 0 unspecified atom stereocenters. The molecule has 0 aliphatic carbocycles. The lowest BCUT2D eigenvalue weighted by Crippen LogP contribution is -2.10. The molecular weight excluding hydrogens is 323 g/mol. The van der Waals surface area contributed by atoms with Crippen molar-refractivity contribution in [1.82, 2.24) is 14.8 Å². The van der Waals surface area contributed by atoms with Crippen LogP contribution in [0.2, 0.25) is 0 Å². The lowest BCUT2D eigenvalue weighted by Gasteiger charge is -2.13. The first-order chi connectivity index (χ1) is 8.82. The number of hydrogen-bond donors (Lipinski definition) is 0. The Labute approximate surface area is 116 Å². The second-order valence-electron chi connectivity index (χ2n) is 4.09. The van der Waals surface area contributed by atoms with E-state index in [2.05, 4.69) is 26.0 Å². The summed E-state index contributed by atoms with van der Waals surface area (Å²) in [6.45, 7) is 3.40. The SMILES string of the molecule is Cc1nc(C)n(-c2ccc(CBr)c(C(F)(F)F)c2)n1. The number of benzene rings is 1. The van der Waals surface area contributed by atoms with Crippen LogP contribution in [0.25, 0.3) is 5.69 Å². The molecule has 0 bridgehead atoms. The zero-order valence-electron chi connectivity index (χ0n) is 10.3. The number of hydrogen-bond acceptors (Lipinski definition) is 2. The Morgan fingerprint density at radius 2 is 1.95 bits per heavy atom. The average molecular weight is 334 g/mol. The number of alkyl halides is 4. The van der Waals surface area contributed by atoms with Crippen molar-refractivity contribution >= 4 is 15.9 Å². The van der Waals surface area contributed by atoms with Gasteiger partial charge in [0, 0.05) is 5.33 Å². The Balaban J connectivity index is 2.58. The Morgan fingerprint density at radius 1 is 1.26 bits per heavy atom. The fourth-order valence-corrected chi connectivity index (χ4v) is 2.33. The zero-order chi connectivity index (χ0) is 14.2. The van der Waals surface area contributed by atoms with Crippen LogP contribution in [0.5, 0.6) is 0 Å². The lowest BCUT2D eigenvalue weighted by molar-refractivity contribution is -0.138. The molecule has 102 valence electrons. The highest BCUT2D eigenvalue weighted by molar-refractivity contribution is 9.08. The Bertz CT molecular complexity index is 605. The van der Waals surface area contributed by atoms with Crippen LogP contribution in [0.1, 0.15) is 22.8 Å². The van der Waals surface area contributed by atoms with Crippen molar-refractivity contribution in [2.75, 3.05) is 0 Å². The summed E-state index contributed by atoms with van der Waals surface area (Å²) in [5, 5.41) is 4.24. The number of aromatic nitrogens is 3. The highest BCUT2D eigenvalue weighted by Gasteiger charge is 2.33. The van der Waals surface area contributed by atoms with E-state index in [0.717, 1.165) is 6.07 Å². The molecule has 7 heteroatoms. The van der Waals surface area contributed by atoms with Gasteiger partial charge in [-0.3, -0.25) is 0 Å². The Kier molecular flexibility index (Phi) is 3.66. The molecule has 3 nitrogen and oxygen atoms in total. The molecule has 0 spiro atoms. The molecule has 0 aliphatic rings. The summed E-state index contributed by atoms with van der Waals surface area (Å²) >= 11 is 3.07. The van der Waals surface area contributed by atoms with Crippen molar-refractivity contribution in [1.29, 1.82) is 0 Å². The van der Waals surface area contributed by atoms with E-state index in [0.29, 0.717) is 17.3 Å². The molecule has 0 aliphatic heterocycles. The molecule has 0 atom stereocenters. The van der Waals surface area contributed by atoms with Crippen molar-refractivity contribution in [2.24, 2.45) is 0 Å². The smallest absolute Gasteiger partial charge is 0.218 e. The van der Waals surface area contributed by atoms with Gasteiger partial charge in [0.15, 0.2) is 0 Å². The van der Waals surface area contributed by atoms with Gasteiger partial charge in [0.25, 0.3) is 0 Å². The van der Waals surface area contributed by atoms with Crippen LogP contribution < -0.4 is 0 Å². The summed E-state index contributed by atoms with van der Waals surface area (Å²) in [4.78, 5) is 4.08. The quantitative estimate of drug-likeness (QED) is 0.782. The van der Waals surface area contributed by atoms with E-state index in [1.54, 1.807) is 19.9 Å². The molecule has 0 N–H and O–H groups in total. The third-order valence-electron chi connectivity index (χ3n) is 2.66. The molecule has 0 fully saturated rings. The summed E-state index contributed by atoms with van der Waals surface area (Å²) in [7, 11) is 0. The van der Waals surface area contributed by atoms with Gasteiger partial charge in [-0.15, -0.1) is 0 Å². The molecule has 0 saturated carbocycles. The van der Waals surface area contributed by atoms with Crippen molar-refractivity contribution < 1.29 is 13.2 Å². The van der Waals surface area contributed by atoms with E-state index in [-0.39, 0.29) is 10.9 Å². The second-order valence-corrected chi connectivity index (χ2v) is 4.65. The maximum Gasteiger partial charge on any atom is 0.416 e. The zero-order valence-corrected chi connectivity index (χ0v) is 11.9. The van der Waals surface area contributed by atoms with Crippen LogP contribution in [-0.2, 0) is 11.5 Å². The van der Waals surface area contributed by atoms with Crippen LogP contribution in [0.4, 0.5) is 13.2 Å². The van der Waals surface area contributed by atoms with Gasteiger partial charge in [-0.2, -0.15) is 18.3 Å². The summed E-state index contributed by atoms with van der Waals surface area (Å²) in [6.07, 6.45) is -4.39. The van der Waals surface area contributed by atoms with Gasteiger partial charge in [0.05, 0.1) is 11.3 Å². The Morgan fingerprint density at radius 3 is 2.42 bits per heavy atom. The first-order valence-corrected chi connectivity index (χ1v) is 6.62. The van der Waals surface area contributed by atoms with Gasteiger partial charge in [-0.05, 0) is 31.5 Å². The predicted molar refractivity (Wildman–Crippen MR) is 68.5 cm³/mol. The summed E-state index contributed by atoms with van der Waals surface area (Å²) in [5.41, 5.74) is -0.102. The van der Waals surface area contributed by atoms with E-state index in [1.807, 2.05) is 0 Å². The predicted octanol–water partition coefficient (Wildman–Crippen LogP) is 3.80. The minimum atomic E-state index is -4.39. The lowest BCUT2D eigenvalue weighted by atomic mass is 10.1. The maximum absolute atomic E-state index is 13.0. The standard InChI is InChI=1S/C12H11BrF3N3/c1-7-17-8(2)19(18-7)10-4-3-9(6-13)11(5-10)12(14,15)16/h3-5H,6H2,1-2H3. The molecule has 2 rings (SSSR count). The number of halogens is 4. The van der Waals surface area contributed by atoms with Crippen LogP contribution >= 0.6 is 15.9 Å². The normalized spacial score (nSPS) is 11.9. The summed E-state index contributed by atoms with van der Waals surface area (Å²) < 4.78 is 40.3. The van der Waals surface area contributed by atoms with Gasteiger partial charge in [-0.1, -0.05) is 22.0 Å². The van der Waals surface area contributed by atoms with Crippen LogP contribution in [0, 0.1) is 13.8 Å². The first kappa shape index (κ1) is 14.0. The monoisotopic (exact) mass is 333 g/mol. The van der Waals surface area contributed by atoms with Crippen molar-refractivity contribution in [3.63, 3.8) is 0 Å². The van der Waals surface area contributed by atoms with Gasteiger partial charge < -0.3 is 0 Å². The second kappa shape index (κ2) is 4.96. The van der Waals surface area contributed by atoms with Gasteiger partial charge >= 0.3 is 6.18 Å². The third kappa shape index (κ3) is 2.80. The van der Waals surface area contributed by atoms with Crippen molar-refractivity contribution in [2.45, 2.75) is 25.4 Å². The number of aryl methyl sites for hydroxylation is 2. The molecule has 1 heterocycles. The van der Waals surface area contributed by atoms with Crippen LogP contribution in [0.15, 0.2) is 18.2 Å². The maximum atomic E-state index is 13.0. The highest BCUT2D eigenvalue weighted by Crippen LogP contribution is 2.34. The van der Waals surface area contributed by atoms with Gasteiger partial charge in [0.1, 0.15) is 11.6 Å². The molecular formula is C12H11BrF3N3. The highest BCUT2D eigenvalue weighted by atomic mass is 79.9. The van der Waals surface area contributed by atoms with Crippen molar-refractivity contribution in [3.05, 3.63) is 41.0 Å². The van der Waals surface area contributed by atoms with E-state index < -0.39 is 11.7 Å². The summed E-state index contributed by atoms with van der Waals surface area (Å²) in [6, 6.07) is 4.15. The molecule has 19 heavy (non-hydrogen) atoms. The average Bonchev–Trinajstić information content (AvgIpc) is 2.66. The molecule has 2 aromatic rings. The number of rotatable bonds is 2. The summed E-state index contributed by atoms with van der Waals surface area (Å²) in [5.74, 6) is 1.08. The van der Waals surface area contributed by atoms with Crippen molar-refractivity contribution in [3.8, 4) is 5.69 Å². The van der Waals surface area contributed by atoms with E-state index in [1.165, 1.54) is 10.7 Å². The van der Waals surface area contributed by atoms with Crippen LogP contribution in [-0.4, -0.2) is 14.8 Å². The minimum Gasteiger partial charge on any atom is -0.218 e. The third-order valence-corrected chi connectivity index (χ3v) is 3.27. The molecule has 0 saturated heterocycles. The first-order valence-electron chi connectivity index (χ1n) is 5.49. The van der Waals surface area contributed by atoms with E-state index >= 15 is 0 Å². The fraction of sp³-hybridized carbons (Fsp3) is 0.333. The molecule has 1 aromatic carbocycles.